The number of piperidine rings is 1. The Morgan fingerprint density at radius 2 is 1.87 bits per heavy atom. The Bertz CT molecular complexity index is 908. The zero-order valence-corrected chi connectivity index (χ0v) is 18.4. The molecule has 0 spiro atoms. The van der Waals surface area contributed by atoms with Gasteiger partial charge in [0.1, 0.15) is 5.82 Å². The molecule has 2 aliphatic rings. The molecule has 1 aliphatic carbocycles. The van der Waals surface area contributed by atoms with Gasteiger partial charge in [0.15, 0.2) is 0 Å². The highest BCUT2D eigenvalue weighted by atomic mass is 35.5. The largest absolute Gasteiger partial charge is 0.349 e. The Balaban J connectivity index is 1.29. The normalized spacial score (nSPS) is 18.6. The summed E-state index contributed by atoms with van der Waals surface area (Å²) in [7, 11) is 0. The van der Waals surface area contributed by atoms with Gasteiger partial charge in [0.25, 0.3) is 0 Å². The molecule has 1 fully saturated rings. The number of hydrogen-bond acceptors (Lipinski definition) is 2. The molecule has 1 aliphatic heterocycles. The smallest absolute Gasteiger partial charge is 0.223 e. The molecule has 1 atom stereocenters. The summed E-state index contributed by atoms with van der Waals surface area (Å²) in [6.07, 6.45) is 6.47. The quantitative estimate of drug-likeness (QED) is 0.687. The van der Waals surface area contributed by atoms with E-state index in [-0.39, 0.29) is 23.7 Å². The topological polar surface area (TPSA) is 32.3 Å². The Hall–Kier alpha value is -1.91. The van der Waals surface area contributed by atoms with Crippen LogP contribution >= 0.6 is 11.6 Å². The van der Waals surface area contributed by atoms with Crippen molar-refractivity contribution in [1.29, 1.82) is 0 Å². The van der Waals surface area contributed by atoms with Gasteiger partial charge in [0, 0.05) is 23.0 Å². The average molecular weight is 429 g/mol. The lowest BCUT2D eigenvalue weighted by Crippen LogP contribution is -2.41. The van der Waals surface area contributed by atoms with Gasteiger partial charge < -0.3 is 5.32 Å². The number of hydrogen-bond donors (Lipinski definition) is 1. The van der Waals surface area contributed by atoms with Crippen molar-refractivity contribution < 1.29 is 9.18 Å². The van der Waals surface area contributed by atoms with Crippen LogP contribution in [0.3, 0.4) is 0 Å². The van der Waals surface area contributed by atoms with E-state index >= 15 is 0 Å². The van der Waals surface area contributed by atoms with Crippen LogP contribution in [-0.4, -0.2) is 23.9 Å². The molecule has 1 heterocycles. The number of aryl methyl sites for hydroxylation is 2. The number of carbonyl (C=O) groups is 1. The predicted molar refractivity (Wildman–Crippen MR) is 119 cm³/mol. The van der Waals surface area contributed by atoms with Gasteiger partial charge in [0.05, 0.1) is 6.04 Å². The van der Waals surface area contributed by atoms with Crippen LogP contribution in [0.2, 0.25) is 5.02 Å². The van der Waals surface area contributed by atoms with Gasteiger partial charge in [-0.1, -0.05) is 35.9 Å². The second-order valence-electron chi connectivity index (χ2n) is 8.75. The highest BCUT2D eigenvalue weighted by molar-refractivity contribution is 6.30. The van der Waals surface area contributed by atoms with Crippen molar-refractivity contribution in [2.75, 3.05) is 13.1 Å². The first-order valence-corrected chi connectivity index (χ1v) is 11.5. The van der Waals surface area contributed by atoms with Crippen molar-refractivity contribution in [2.24, 2.45) is 5.92 Å². The Labute approximate surface area is 183 Å². The number of amides is 1. The standard InChI is InChI=1S/C25H30ClFN2O/c1-17(20-7-6-18-4-2-3-5-21(18)14-20)28-25(30)19-10-12-29(13-11-19)16-22-8-9-23(26)15-24(22)27/h6-9,14-15,17,19H,2-5,10-13,16H2,1H3,(H,28,30). The second kappa shape index (κ2) is 9.49. The third-order valence-electron chi connectivity index (χ3n) is 6.60. The highest BCUT2D eigenvalue weighted by Crippen LogP contribution is 2.26. The fraction of sp³-hybridized carbons (Fsp3) is 0.480. The number of benzene rings is 2. The molecule has 1 unspecified atom stereocenters. The van der Waals surface area contributed by atoms with Crippen molar-refractivity contribution in [3.8, 4) is 0 Å². The summed E-state index contributed by atoms with van der Waals surface area (Å²) in [4.78, 5) is 15.0. The fourth-order valence-electron chi connectivity index (χ4n) is 4.68. The van der Waals surface area contributed by atoms with E-state index in [9.17, 15) is 9.18 Å². The van der Waals surface area contributed by atoms with Gasteiger partial charge in [0.2, 0.25) is 5.91 Å². The average Bonchev–Trinajstić information content (AvgIpc) is 2.75. The van der Waals surface area contributed by atoms with E-state index in [2.05, 4.69) is 35.3 Å². The third-order valence-corrected chi connectivity index (χ3v) is 6.83. The number of nitrogens with one attached hydrogen (secondary N) is 1. The van der Waals surface area contributed by atoms with Crippen molar-refractivity contribution in [1.82, 2.24) is 10.2 Å². The van der Waals surface area contributed by atoms with E-state index in [1.54, 1.807) is 12.1 Å². The van der Waals surface area contributed by atoms with Crippen LogP contribution in [0.15, 0.2) is 36.4 Å². The van der Waals surface area contributed by atoms with Gasteiger partial charge in [-0.05, 0) is 87.4 Å². The molecule has 1 N–H and O–H groups in total. The molecule has 160 valence electrons. The van der Waals surface area contributed by atoms with Crippen LogP contribution in [-0.2, 0) is 24.2 Å². The van der Waals surface area contributed by atoms with E-state index in [1.165, 1.54) is 42.0 Å². The monoisotopic (exact) mass is 428 g/mol. The minimum Gasteiger partial charge on any atom is -0.349 e. The summed E-state index contributed by atoms with van der Waals surface area (Å²) in [6, 6.07) is 11.5. The summed E-state index contributed by atoms with van der Waals surface area (Å²) in [5, 5.41) is 3.64. The highest BCUT2D eigenvalue weighted by Gasteiger charge is 2.26. The lowest BCUT2D eigenvalue weighted by molar-refractivity contribution is -0.127. The number of likely N-dealkylation sites (tertiary alicyclic amines) is 1. The van der Waals surface area contributed by atoms with Gasteiger partial charge in [-0.2, -0.15) is 0 Å². The summed E-state index contributed by atoms with van der Waals surface area (Å²) in [5.74, 6) is -0.102. The Morgan fingerprint density at radius 1 is 1.13 bits per heavy atom. The van der Waals surface area contributed by atoms with Gasteiger partial charge in [-0.25, -0.2) is 4.39 Å². The number of halogens is 2. The second-order valence-corrected chi connectivity index (χ2v) is 9.19. The van der Waals surface area contributed by atoms with E-state index < -0.39 is 0 Å². The zero-order valence-electron chi connectivity index (χ0n) is 17.6. The van der Waals surface area contributed by atoms with Crippen LogP contribution in [0, 0.1) is 11.7 Å². The van der Waals surface area contributed by atoms with Crippen LogP contribution in [0.25, 0.3) is 0 Å². The summed E-state index contributed by atoms with van der Waals surface area (Å²) in [5.41, 5.74) is 4.76. The Kier molecular flexibility index (Phi) is 6.74. The molecule has 0 saturated carbocycles. The zero-order chi connectivity index (χ0) is 21.1. The minimum atomic E-state index is -0.263. The maximum atomic E-state index is 14.0. The first-order chi connectivity index (χ1) is 14.5. The van der Waals surface area contributed by atoms with E-state index in [0.29, 0.717) is 17.1 Å². The number of fused-ring (bicyclic) bond motifs is 1. The van der Waals surface area contributed by atoms with Crippen molar-refractivity contribution >= 4 is 17.5 Å². The maximum absolute atomic E-state index is 14.0. The molecule has 4 rings (SSSR count). The first kappa shape index (κ1) is 21.3. The fourth-order valence-corrected chi connectivity index (χ4v) is 4.84. The molecule has 0 aromatic heterocycles. The molecule has 1 saturated heterocycles. The van der Waals surface area contributed by atoms with Gasteiger partial charge >= 0.3 is 0 Å². The van der Waals surface area contributed by atoms with E-state index in [1.807, 2.05) is 0 Å². The van der Waals surface area contributed by atoms with E-state index in [4.69, 9.17) is 11.6 Å². The van der Waals surface area contributed by atoms with Crippen molar-refractivity contribution in [3.63, 3.8) is 0 Å². The molecule has 2 aromatic rings. The molecule has 2 aromatic carbocycles. The van der Waals surface area contributed by atoms with Crippen LogP contribution in [0.1, 0.15) is 60.9 Å². The van der Waals surface area contributed by atoms with Crippen molar-refractivity contribution in [3.05, 3.63) is 69.5 Å². The van der Waals surface area contributed by atoms with Crippen LogP contribution in [0.5, 0.6) is 0 Å². The lowest BCUT2D eigenvalue weighted by atomic mass is 9.89. The lowest BCUT2D eigenvalue weighted by Gasteiger charge is -2.32. The van der Waals surface area contributed by atoms with Crippen LogP contribution < -0.4 is 5.32 Å². The van der Waals surface area contributed by atoms with E-state index in [0.717, 1.165) is 32.4 Å². The Morgan fingerprint density at radius 3 is 2.60 bits per heavy atom. The SMILES string of the molecule is CC(NC(=O)C1CCN(Cc2ccc(Cl)cc2F)CC1)c1ccc2c(c1)CCCC2. The molecular formula is C25H30ClFN2O. The van der Waals surface area contributed by atoms with Crippen LogP contribution in [0.4, 0.5) is 4.39 Å². The molecule has 0 bridgehead atoms. The molecule has 1 amide bonds. The molecule has 0 radical (unpaired) electrons. The van der Waals surface area contributed by atoms with Gasteiger partial charge in [-0.3, -0.25) is 9.69 Å². The number of rotatable bonds is 5. The molecule has 5 heteroatoms. The summed E-state index contributed by atoms with van der Waals surface area (Å²) < 4.78 is 14.0. The number of carbonyl (C=O) groups excluding carboxylic acids is 1. The molecule has 3 nitrogen and oxygen atoms in total. The summed E-state index contributed by atoms with van der Waals surface area (Å²) in [6.45, 7) is 4.23. The third kappa shape index (κ3) is 5.04. The van der Waals surface area contributed by atoms with Crippen molar-refractivity contribution in [2.45, 2.75) is 58.0 Å². The maximum Gasteiger partial charge on any atom is 0.223 e. The number of nitrogens with zero attached hydrogens (tertiary/aromatic N) is 1. The van der Waals surface area contributed by atoms with Gasteiger partial charge in [-0.15, -0.1) is 0 Å². The predicted octanol–water partition coefficient (Wildman–Crippen LogP) is 5.45. The minimum absolute atomic E-state index is 0.0194. The molecular weight excluding hydrogens is 399 g/mol. The first-order valence-electron chi connectivity index (χ1n) is 11.1. The summed E-state index contributed by atoms with van der Waals surface area (Å²) >= 11 is 5.84. The molecule has 30 heavy (non-hydrogen) atoms.